The second kappa shape index (κ2) is 2.54. The number of hydrogen-bond donors (Lipinski definition) is 0. The van der Waals surface area contributed by atoms with Crippen molar-refractivity contribution in [3.8, 4) is 0 Å². The summed E-state index contributed by atoms with van der Waals surface area (Å²) in [5, 5.41) is -0.459. The van der Waals surface area contributed by atoms with Gasteiger partial charge in [-0.2, -0.15) is 0 Å². The first-order valence-corrected chi connectivity index (χ1v) is 3.13. The summed E-state index contributed by atoms with van der Waals surface area (Å²) >= 11 is 5.14. The molecule has 1 saturated heterocycles. The van der Waals surface area contributed by atoms with Gasteiger partial charge < -0.3 is 9.64 Å². The maximum Gasteiger partial charge on any atom is 0.318 e. The van der Waals surface area contributed by atoms with E-state index in [2.05, 4.69) is 0 Å². The van der Waals surface area contributed by atoms with Crippen molar-refractivity contribution in [2.24, 2.45) is 0 Å². The van der Waals surface area contributed by atoms with Crippen LogP contribution in [0.4, 0.5) is 4.79 Å². The van der Waals surface area contributed by atoms with Gasteiger partial charge in [0, 0.05) is 13.5 Å². The fraction of sp³-hybridized carbons (Fsp3) is 0.800. The van der Waals surface area contributed by atoms with E-state index in [0.29, 0.717) is 0 Å². The van der Waals surface area contributed by atoms with Crippen LogP contribution >= 0.6 is 11.6 Å². The van der Waals surface area contributed by atoms with Crippen LogP contribution in [0.15, 0.2) is 0 Å². The van der Waals surface area contributed by atoms with Crippen molar-refractivity contribution >= 4 is 17.0 Å². The monoisotopic (exact) mass is 149 g/mol. The van der Waals surface area contributed by atoms with Crippen LogP contribution in [0.2, 0.25) is 0 Å². The fourth-order valence-electron chi connectivity index (χ4n) is 0.642. The molecule has 1 amide bonds. The highest BCUT2D eigenvalue weighted by Gasteiger charge is 2.25. The smallest absolute Gasteiger partial charge is 0.318 e. The number of hydrogen-bond acceptors (Lipinski definition) is 2. The molecule has 0 aromatic rings. The molecule has 1 fully saturated rings. The number of rotatable bonds is 1. The lowest BCUT2D eigenvalue weighted by molar-refractivity contribution is -0.114. The lowest BCUT2D eigenvalue weighted by atomic mass is 10.3. The van der Waals surface area contributed by atoms with Crippen LogP contribution in [0.25, 0.3) is 0 Å². The van der Waals surface area contributed by atoms with E-state index in [9.17, 15) is 4.79 Å². The van der Waals surface area contributed by atoms with Gasteiger partial charge in [-0.25, -0.2) is 0 Å². The first-order valence-electron chi connectivity index (χ1n) is 2.75. The molecule has 1 unspecified atom stereocenters. The zero-order valence-corrected chi connectivity index (χ0v) is 5.89. The lowest BCUT2D eigenvalue weighted by Crippen LogP contribution is -2.43. The number of carbonyl (C=O) groups is 1. The highest BCUT2D eigenvalue weighted by atomic mass is 35.5. The molecule has 1 aliphatic rings. The molecule has 1 rings (SSSR count). The van der Waals surface area contributed by atoms with E-state index in [1.165, 1.54) is 4.90 Å². The average Bonchev–Trinajstić information content (AvgIpc) is 1.60. The molecule has 0 N–H and O–H groups in total. The standard InChI is InChI=1S/C5H8ClNO2/c1-7(5(6)8)4-2-3-9-4/h4H,2-3H2,1H3. The van der Waals surface area contributed by atoms with Crippen LogP contribution in [0.3, 0.4) is 0 Å². The minimum Gasteiger partial charge on any atom is -0.358 e. The molecular weight excluding hydrogens is 142 g/mol. The van der Waals surface area contributed by atoms with Crippen LogP contribution in [0.5, 0.6) is 0 Å². The van der Waals surface area contributed by atoms with E-state index in [0.717, 1.165) is 13.0 Å². The summed E-state index contributed by atoms with van der Waals surface area (Å²) in [6.07, 6.45) is 0.824. The second-order valence-corrected chi connectivity index (χ2v) is 2.30. The summed E-state index contributed by atoms with van der Waals surface area (Å²) in [5.41, 5.74) is 0. The molecule has 0 aromatic heterocycles. The third kappa shape index (κ3) is 1.34. The second-order valence-electron chi connectivity index (χ2n) is 1.98. The predicted octanol–water partition coefficient (Wildman–Crippen LogP) is 1.02. The molecule has 1 aliphatic heterocycles. The molecule has 3 nitrogen and oxygen atoms in total. The predicted molar refractivity (Wildman–Crippen MR) is 33.4 cm³/mol. The Morgan fingerprint density at radius 3 is 2.56 bits per heavy atom. The summed E-state index contributed by atoms with van der Waals surface area (Å²) in [4.78, 5) is 11.8. The van der Waals surface area contributed by atoms with Gasteiger partial charge in [0.25, 0.3) is 0 Å². The van der Waals surface area contributed by atoms with Gasteiger partial charge in [-0.3, -0.25) is 4.79 Å². The van der Waals surface area contributed by atoms with Crippen LogP contribution in [0, 0.1) is 0 Å². The van der Waals surface area contributed by atoms with Crippen molar-refractivity contribution in [2.45, 2.75) is 12.6 Å². The van der Waals surface area contributed by atoms with Crippen LogP contribution in [-0.2, 0) is 4.74 Å². The maximum atomic E-state index is 10.4. The minimum absolute atomic E-state index is 0.0741. The number of nitrogens with zero attached hydrogens (tertiary/aromatic N) is 1. The average molecular weight is 150 g/mol. The van der Waals surface area contributed by atoms with Gasteiger partial charge in [0.05, 0.1) is 6.61 Å². The van der Waals surface area contributed by atoms with E-state index < -0.39 is 5.37 Å². The third-order valence-electron chi connectivity index (χ3n) is 1.38. The molecule has 0 aliphatic carbocycles. The van der Waals surface area contributed by atoms with Crippen molar-refractivity contribution < 1.29 is 9.53 Å². The highest BCUT2D eigenvalue weighted by molar-refractivity contribution is 6.62. The molecule has 4 heteroatoms. The van der Waals surface area contributed by atoms with Gasteiger partial charge in [-0.1, -0.05) is 0 Å². The fourth-order valence-corrected chi connectivity index (χ4v) is 0.751. The Labute approximate surface area is 58.5 Å². The minimum atomic E-state index is -0.459. The Balaban J connectivity index is 2.32. The van der Waals surface area contributed by atoms with Crippen molar-refractivity contribution in [3.63, 3.8) is 0 Å². The van der Waals surface area contributed by atoms with E-state index in [1.807, 2.05) is 0 Å². The molecule has 0 spiro atoms. The zero-order chi connectivity index (χ0) is 6.85. The molecule has 0 saturated carbocycles. The summed E-state index contributed by atoms with van der Waals surface area (Å²) in [5.74, 6) is 0. The van der Waals surface area contributed by atoms with Crippen molar-refractivity contribution in [2.75, 3.05) is 13.7 Å². The summed E-state index contributed by atoms with van der Waals surface area (Å²) < 4.78 is 4.97. The normalized spacial score (nSPS) is 24.9. The van der Waals surface area contributed by atoms with E-state index in [-0.39, 0.29) is 6.23 Å². The van der Waals surface area contributed by atoms with Gasteiger partial charge in [0.1, 0.15) is 6.23 Å². The van der Waals surface area contributed by atoms with Crippen LogP contribution in [0.1, 0.15) is 6.42 Å². The number of amides is 1. The first kappa shape index (κ1) is 6.83. The highest BCUT2D eigenvalue weighted by Crippen LogP contribution is 2.15. The van der Waals surface area contributed by atoms with Crippen molar-refractivity contribution in [1.29, 1.82) is 0 Å². The van der Waals surface area contributed by atoms with Crippen LogP contribution in [-0.4, -0.2) is 30.1 Å². The van der Waals surface area contributed by atoms with Crippen molar-refractivity contribution in [3.05, 3.63) is 0 Å². The summed E-state index contributed by atoms with van der Waals surface area (Å²) in [7, 11) is 1.62. The lowest BCUT2D eigenvalue weighted by Gasteiger charge is -2.33. The Morgan fingerprint density at radius 2 is 2.44 bits per heavy atom. The van der Waals surface area contributed by atoms with Gasteiger partial charge in [0.2, 0.25) is 0 Å². The summed E-state index contributed by atoms with van der Waals surface area (Å²) in [6.45, 7) is 0.735. The van der Waals surface area contributed by atoms with Crippen molar-refractivity contribution in [1.82, 2.24) is 4.90 Å². The molecule has 1 heterocycles. The van der Waals surface area contributed by atoms with Gasteiger partial charge in [-0.15, -0.1) is 0 Å². The Bertz CT molecular complexity index is 124. The SMILES string of the molecule is CN(C(=O)Cl)C1CCO1. The maximum absolute atomic E-state index is 10.4. The summed E-state index contributed by atoms with van der Waals surface area (Å²) in [6, 6.07) is 0. The first-order chi connectivity index (χ1) is 4.22. The molecule has 52 valence electrons. The number of halogens is 1. The number of ether oxygens (including phenoxy) is 1. The van der Waals surface area contributed by atoms with Gasteiger partial charge in [-0.05, 0) is 11.6 Å². The number of carbonyl (C=O) groups excluding carboxylic acids is 1. The van der Waals surface area contributed by atoms with Crippen LogP contribution < -0.4 is 0 Å². The molecule has 0 bridgehead atoms. The van der Waals surface area contributed by atoms with E-state index in [1.54, 1.807) is 7.05 Å². The topological polar surface area (TPSA) is 29.5 Å². The molecule has 1 atom stereocenters. The Morgan fingerprint density at radius 1 is 1.89 bits per heavy atom. The van der Waals surface area contributed by atoms with Gasteiger partial charge in [0.15, 0.2) is 0 Å². The molecule has 9 heavy (non-hydrogen) atoms. The Hall–Kier alpha value is -0.280. The molecule has 0 aromatic carbocycles. The van der Waals surface area contributed by atoms with E-state index in [4.69, 9.17) is 16.3 Å². The zero-order valence-electron chi connectivity index (χ0n) is 5.13. The third-order valence-corrected chi connectivity index (χ3v) is 1.65. The molecular formula is C5H8ClNO2. The Kier molecular flexibility index (Phi) is 1.93. The molecule has 0 radical (unpaired) electrons. The van der Waals surface area contributed by atoms with Gasteiger partial charge >= 0.3 is 5.37 Å². The van der Waals surface area contributed by atoms with E-state index >= 15 is 0 Å². The quantitative estimate of drug-likeness (QED) is 0.412. The largest absolute Gasteiger partial charge is 0.358 e.